The van der Waals surface area contributed by atoms with Crippen molar-refractivity contribution < 1.29 is 17.5 Å². The number of hydrogen-bond donors (Lipinski definition) is 1. The molecule has 0 heterocycles. The van der Waals surface area contributed by atoms with Gasteiger partial charge in [0, 0.05) is 0 Å². The van der Waals surface area contributed by atoms with Crippen molar-refractivity contribution >= 4 is 10.0 Å². The van der Waals surface area contributed by atoms with Gasteiger partial charge in [-0.25, -0.2) is 17.9 Å². The van der Waals surface area contributed by atoms with Crippen LogP contribution in [0.15, 0.2) is 18.2 Å². The average molecular weight is 272 g/mol. The maximum absolute atomic E-state index is 13.2. The van der Waals surface area contributed by atoms with E-state index in [9.17, 15) is 12.8 Å². The third-order valence-corrected chi connectivity index (χ3v) is 3.03. The lowest BCUT2D eigenvalue weighted by atomic mass is 10.2. The maximum atomic E-state index is 13.2. The van der Waals surface area contributed by atoms with Gasteiger partial charge in [-0.1, -0.05) is 6.07 Å². The minimum absolute atomic E-state index is 0.120. The molecule has 0 aliphatic heterocycles. The van der Waals surface area contributed by atoms with Crippen molar-refractivity contribution in [1.82, 2.24) is 0 Å². The summed E-state index contributed by atoms with van der Waals surface area (Å²) in [4.78, 5) is 0. The number of primary sulfonamides is 1. The first-order valence-corrected chi connectivity index (χ1v) is 6.97. The molecule has 7 heteroatoms. The Bertz CT molecular complexity index is 552. The Kier molecular flexibility index (Phi) is 5.07. The van der Waals surface area contributed by atoms with Crippen molar-refractivity contribution in [2.45, 2.75) is 12.8 Å². The van der Waals surface area contributed by atoms with Crippen LogP contribution in [0, 0.1) is 17.1 Å². The molecule has 18 heavy (non-hydrogen) atoms. The quantitative estimate of drug-likeness (QED) is 0.786. The van der Waals surface area contributed by atoms with Crippen LogP contribution in [0.1, 0.15) is 18.4 Å². The van der Waals surface area contributed by atoms with E-state index in [2.05, 4.69) is 0 Å². The molecule has 0 atom stereocenters. The number of halogens is 1. The maximum Gasteiger partial charge on any atom is 0.209 e. The zero-order valence-electron chi connectivity index (χ0n) is 9.60. The van der Waals surface area contributed by atoms with Gasteiger partial charge in [-0.3, -0.25) is 0 Å². The van der Waals surface area contributed by atoms with Crippen LogP contribution in [0.3, 0.4) is 0 Å². The number of hydrogen-bond acceptors (Lipinski definition) is 4. The lowest BCUT2D eigenvalue weighted by molar-refractivity contribution is 0.307. The Morgan fingerprint density at radius 1 is 1.39 bits per heavy atom. The minimum atomic E-state index is -3.46. The van der Waals surface area contributed by atoms with Crippen molar-refractivity contribution in [2.75, 3.05) is 12.4 Å². The van der Waals surface area contributed by atoms with Gasteiger partial charge in [0.05, 0.1) is 12.4 Å². The fourth-order valence-electron chi connectivity index (χ4n) is 1.32. The Hall–Kier alpha value is -1.65. The highest BCUT2D eigenvalue weighted by molar-refractivity contribution is 7.89. The van der Waals surface area contributed by atoms with Crippen LogP contribution in [0.2, 0.25) is 0 Å². The summed E-state index contributed by atoms with van der Waals surface area (Å²) in [5.74, 6) is -0.599. The van der Waals surface area contributed by atoms with E-state index in [0.29, 0.717) is 12.8 Å². The van der Waals surface area contributed by atoms with Crippen molar-refractivity contribution in [3.63, 3.8) is 0 Å². The lowest BCUT2D eigenvalue weighted by Gasteiger charge is -2.07. The highest BCUT2D eigenvalue weighted by atomic mass is 32.2. The van der Waals surface area contributed by atoms with Crippen LogP contribution in [0.4, 0.5) is 4.39 Å². The predicted octanol–water partition coefficient (Wildman–Crippen LogP) is 1.14. The summed E-state index contributed by atoms with van der Waals surface area (Å²) in [6.45, 7) is 0.202. The van der Waals surface area contributed by atoms with E-state index >= 15 is 0 Å². The molecule has 0 aliphatic carbocycles. The van der Waals surface area contributed by atoms with E-state index in [-0.39, 0.29) is 23.7 Å². The summed E-state index contributed by atoms with van der Waals surface area (Å²) in [7, 11) is -3.46. The molecule has 1 aromatic rings. The van der Waals surface area contributed by atoms with Crippen LogP contribution in [0.5, 0.6) is 5.75 Å². The van der Waals surface area contributed by atoms with Crippen LogP contribution in [-0.2, 0) is 10.0 Å². The number of benzene rings is 1. The first kappa shape index (κ1) is 14.4. The fourth-order valence-corrected chi connectivity index (χ4v) is 1.93. The Labute approximate surface area is 105 Å². The second-order valence-electron chi connectivity index (χ2n) is 3.65. The fraction of sp³-hybridized carbons (Fsp3) is 0.364. The molecule has 0 spiro atoms. The third-order valence-electron chi connectivity index (χ3n) is 2.17. The standard InChI is InChI=1S/C11H13FN2O3S/c12-10-4-3-5-11(9(10)8-13)17-6-1-2-7-18(14,15)16/h3-5H,1-2,6-7H2,(H2,14,15,16). The average Bonchev–Trinajstić information content (AvgIpc) is 2.27. The Morgan fingerprint density at radius 2 is 2.11 bits per heavy atom. The number of unbranched alkanes of at least 4 members (excludes halogenated alkanes) is 1. The number of rotatable bonds is 6. The molecule has 0 radical (unpaired) electrons. The van der Waals surface area contributed by atoms with Gasteiger partial charge in [0.15, 0.2) is 0 Å². The summed E-state index contributed by atoms with van der Waals surface area (Å²) in [6.07, 6.45) is 0.813. The normalized spacial score (nSPS) is 10.9. The molecule has 0 aromatic heterocycles. The van der Waals surface area contributed by atoms with Crippen LogP contribution in [0.25, 0.3) is 0 Å². The SMILES string of the molecule is N#Cc1c(F)cccc1OCCCCS(N)(=O)=O. The van der Waals surface area contributed by atoms with Gasteiger partial charge in [-0.05, 0) is 25.0 Å². The van der Waals surface area contributed by atoms with Gasteiger partial charge in [0.1, 0.15) is 23.2 Å². The molecular weight excluding hydrogens is 259 g/mol. The summed E-state index contributed by atoms with van der Waals surface area (Å²) >= 11 is 0. The van der Waals surface area contributed by atoms with Crippen molar-refractivity contribution in [2.24, 2.45) is 5.14 Å². The molecule has 0 unspecified atom stereocenters. The summed E-state index contributed by atoms with van der Waals surface area (Å²) in [5.41, 5.74) is -0.149. The molecule has 2 N–H and O–H groups in total. The molecule has 0 fully saturated rings. The monoisotopic (exact) mass is 272 g/mol. The Morgan fingerprint density at radius 3 is 2.72 bits per heavy atom. The van der Waals surface area contributed by atoms with Gasteiger partial charge in [-0.15, -0.1) is 0 Å². The lowest BCUT2D eigenvalue weighted by Crippen LogP contribution is -2.16. The van der Waals surface area contributed by atoms with E-state index in [1.807, 2.05) is 0 Å². The number of ether oxygens (including phenoxy) is 1. The number of nitriles is 1. The summed E-state index contributed by atoms with van der Waals surface area (Å²) in [5, 5.41) is 13.6. The number of nitrogens with two attached hydrogens (primary N) is 1. The third kappa shape index (κ3) is 4.69. The van der Waals surface area contributed by atoms with Gasteiger partial charge in [0.2, 0.25) is 10.0 Å². The first-order valence-electron chi connectivity index (χ1n) is 5.26. The first-order chi connectivity index (χ1) is 8.44. The van der Waals surface area contributed by atoms with E-state index in [1.54, 1.807) is 6.07 Å². The number of sulfonamides is 1. The number of nitrogens with zero attached hydrogens (tertiary/aromatic N) is 1. The van der Waals surface area contributed by atoms with Crippen LogP contribution >= 0.6 is 0 Å². The largest absolute Gasteiger partial charge is 0.492 e. The van der Waals surface area contributed by atoms with Crippen molar-refractivity contribution in [1.29, 1.82) is 5.26 Å². The van der Waals surface area contributed by atoms with Gasteiger partial charge < -0.3 is 4.74 Å². The van der Waals surface area contributed by atoms with Gasteiger partial charge in [0.25, 0.3) is 0 Å². The molecule has 98 valence electrons. The minimum Gasteiger partial charge on any atom is -0.492 e. The molecule has 1 rings (SSSR count). The molecule has 5 nitrogen and oxygen atoms in total. The predicted molar refractivity (Wildman–Crippen MR) is 63.8 cm³/mol. The van der Waals surface area contributed by atoms with E-state index in [0.717, 1.165) is 0 Å². The van der Waals surface area contributed by atoms with Crippen molar-refractivity contribution in [3.8, 4) is 11.8 Å². The summed E-state index contributed by atoms with van der Waals surface area (Å²) in [6, 6.07) is 5.81. The van der Waals surface area contributed by atoms with Crippen LogP contribution < -0.4 is 9.88 Å². The second kappa shape index (κ2) is 6.33. The van der Waals surface area contributed by atoms with E-state index in [1.165, 1.54) is 18.2 Å². The smallest absolute Gasteiger partial charge is 0.209 e. The highest BCUT2D eigenvalue weighted by Crippen LogP contribution is 2.20. The van der Waals surface area contributed by atoms with E-state index in [4.69, 9.17) is 15.1 Å². The zero-order valence-corrected chi connectivity index (χ0v) is 10.4. The van der Waals surface area contributed by atoms with Crippen LogP contribution in [-0.4, -0.2) is 20.8 Å². The van der Waals surface area contributed by atoms with Crippen molar-refractivity contribution in [3.05, 3.63) is 29.6 Å². The molecule has 1 aromatic carbocycles. The molecule has 0 aliphatic rings. The topological polar surface area (TPSA) is 93.2 Å². The molecule has 0 saturated carbocycles. The highest BCUT2D eigenvalue weighted by Gasteiger charge is 2.08. The molecular formula is C11H13FN2O3S. The molecule has 0 bridgehead atoms. The van der Waals surface area contributed by atoms with E-state index < -0.39 is 15.8 Å². The molecule has 0 saturated heterocycles. The van der Waals surface area contributed by atoms with Gasteiger partial charge >= 0.3 is 0 Å². The molecule has 0 amide bonds. The van der Waals surface area contributed by atoms with Gasteiger partial charge in [-0.2, -0.15) is 5.26 Å². The summed E-state index contributed by atoms with van der Waals surface area (Å²) < 4.78 is 39.7. The second-order valence-corrected chi connectivity index (χ2v) is 5.38. The Balaban J connectivity index is 2.46. The zero-order chi connectivity index (χ0) is 13.6.